The van der Waals surface area contributed by atoms with Gasteiger partial charge >= 0.3 is 0 Å². The van der Waals surface area contributed by atoms with Gasteiger partial charge in [-0.3, -0.25) is 10.1 Å². The molecule has 0 bridgehead atoms. The number of rotatable bonds is 4. The van der Waals surface area contributed by atoms with Gasteiger partial charge in [0.2, 0.25) is 0 Å². The van der Waals surface area contributed by atoms with Gasteiger partial charge in [0.25, 0.3) is 5.91 Å². The lowest BCUT2D eigenvalue weighted by Crippen LogP contribution is -2.22. The minimum Gasteiger partial charge on any atom is -0.483 e. The molecule has 1 aromatic heterocycles. The molecule has 0 saturated carbocycles. The van der Waals surface area contributed by atoms with Crippen molar-refractivity contribution in [1.29, 1.82) is 0 Å². The fourth-order valence-corrected chi connectivity index (χ4v) is 3.88. The number of nitrogens with zero attached hydrogens (tertiary/aromatic N) is 1. The van der Waals surface area contributed by atoms with Crippen LogP contribution in [-0.4, -0.2) is 17.5 Å². The van der Waals surface area contributed by atoms with Crippen LogP contribution in [0, 0.1) is 20.8 Å². The summed E-state index contributed by atoms with van der Waals surface area (Å²) in [5.74, 6) is 0.544. The molecule has 4 nitrogen and oxygen atoms in total. The van der Waals surface area contributed by atoms with Gasteiger partial charge < -0.3 is 4.74 Å². The Balaban J connectivity index is 1.72. The molecule has 0 radical (unpaired) electrons. The number of anilines is 1. The van der Waals surface area contributed by atoms with Crippen LogP contribution in [0.1, 0.15) is 43.0 Å². The number of hydrogen-bond acceptors (Lipinski definition) is 4. The lowest BCUT2D eigenvalue weighted by atomic mass is 9.85. The van der Waals surface area contributed by atoms with Crippen molar-refractivity contribution in [1.82, 2.24) is 4.98 Å². The highest BCUT2D eigenvalue weighted by molar-refractivity contribution is 7.22. The lowest BCUT2D eigenvalue weighted by Gasteiger charge is -2.23. The topological polar surface area (TPSA) is 51.2 Å². The molecule has 5 heteroatoms. The van der Waals surface area contributed by atoms with Crippen LogP contribution in [0.15, 0.2) is 30.3 Å². The summed E-state index contributed by atoms with van der Waals surface area (Å²) in [6.07, 6.45) is 0. The van der Waals surface area contributed by atoms with Gasteiger partial charge in [0.15, 0.2) is 11.7 Å². The second-order valence-electron chi connectivity index (χ2n) is 7.96. The van der Waals surface area contributed by atoms with E-state index in [1.807, 2.05) is 18.2 Å². The second kappa shape index (κ2) is 7.31. The first-order valence-corrected chi connectivity index (χ1v) is 9.87. The number of nitrogens with one attached hydrogen (secondary N) is 1. The van der Waals surface area contributed by atoms with Crippen molar-refractivity contribution in [2.24, 2.45) is 0 Å². The van der Waals surface area contributed by atoms with Crippen molar-refractivity contribution in [2.75, 3.05) is 11.9 Å². The van der Waals surface area contributed by atoms with E-state index in [2.05, 4.69) is 64.0 Å². The molecule has 1 heterocycles. The molecule has 1 N–H and O–H groups in total. The van der Waals surface area contributed by atoms with Crippen molar-refractivity contribution < 1.29 is 9.53 Å². The third-order valence-electron chi connectivity index (χ3n) is 4.63. The number of aromatic nitrogens is 1. The summed E-state index contributed by atoms with van der Waals surface area (Å²) in [6.45, 7) is 12.6. The number of fused-ring (bicyclic) bond motifs is 1. The van der Waals surface area contributed by atoms with E-state index in [0.717, 1.165) is 27.1 Å². The predicted octanol–water partition coefficient (Wildman–Crippen LogP) is 5.54. The maximum atomic E-state index is 12.4. The number of carbonyl (C=O) groups is 1. The molecule has 0 spiro atoms. The highest BCUT2D eigenvalue weighted by atomic mass is 32.1. The average molecular weight is 383 g/mol. The Morgan fingerprint density at radius 3 is 2.59 bits per heavy atom. The number of benzene rings is 2. The summed E-state index contributed by atoms with van der Waals surface area (Å²) in [7, 11) is 0. The van der Waals surface area contributed by atoms with E-state index >= 15 is 0 Å². The fourth-order valence-electron chi connectivity index (χ4n) is 2.93. The molecule has 3 aromatic rings. The van der Waals surface area contributed by atoms with Crippen molar-refractivity contribution in [3.8, 4) is 5.75 Å². The van der Waals surface area contributed by atoms with Gasteiger partial charge in [0.1, 0.15) is 5.75 Å². The van der Waals surface area contributed by atoms with Gasteiger partial charge in [-0.2, -0.15) is 0 Å². The molecule has 1 amide bonds. The van der Waals surface area contributed by atoms with Gasteiger partial charge in [-0.25, -0.2) is 4.98 Å². The quantitative estimate of drug-likeness (QED) is 0.645. The fraction of sp³-hybridized carbons (Fsp3) is 0.364. The summed E-state index contributed by atoms with van der Waals surface area (Å²) >= 11 is 1.48. The first-order valence-electron chi connectivity index (χ1n) is 9.05. The summed E-state index contributed by atoms with van der Waals surface area (Å²) < 4.78 is 6.91. The van der Waals surface area contributed by atoms with Crippen LogP contribution in [0.25, 0.3) is 10.2 Å². The average Bonchev–Trinajstić information content (AvgIpc) is 2.99. The molecule has 0 atom stereocenters. The first-order chi connectivity index (χ1) is 12.6. The van der Waals surface area contributed by atoms with Crippen molar-refractivity contribution in [2.45, 2.75) is 47.0 Å². The van der Waals surface area contributed by atoms with Crippen LogP contribution in [0.4, 0.5) is 5.13 Å². The number of ether oxygens (including phenoxy) is 1. The van der Waals surface area contributed by atoms with Crippen LogP contribution in [0.3, 0.4) is 0 Å². The molecule has 0 unspecified atom stereocenters. The van der Waals surface area contributed by atoms with Gasteiger partial charge in [-0.05, 0) is 55.0 Å². The van der Waals surface area contributed by atoms with E-state index in [9.17, 15) is 4.79 Å². The van der Waals surface area contributed by atoms with Crippen LogP contribution < -0.4 is 10.1 Å². The Labute approximate surface area is 164 Å². The van der Waals surface area contributed by atoms with Crippen LogP contribution >= 0.6 is 11.3 Å². The van der Waals surface area contributed by atoms with E-state index in [4.69, 9.17) is 4.74 Å². The standard InChI is InChI=1S/C22H26N2O2S/c1-13-7-9-17(16(11-13)22(4,5)6)26-12-19(25)23-21-24-20-15(3)14(2)8-10-18(20)27-21/h7-11H,12H2,1-6H3,(H,23,24,25). The maximum absolute atomic E-state index is 12.4. The minimum atomic E-state index is -0.205. The van der Waals surface area contributed by atoms with Gasteiger partial charge in [0, 0.05) is 0 Å². The van der Waals surface area contributed by atoms with Gasteiger partial charge in [-0.1, -0.05) is 55.9 Å². The molecule has 142 valence electrons. The number of hydrogen-bond donors (Lipinski definition) is 1. The highest BCUT2D eigenvalue weighted by Crippen LogP contribution is 2.32. The third kappa shape index (κ3) is 4.30. The smallest absolute Gasteiger partial charge is 0.264 e. The number of aryl methyl sites for hydroxylation is 3. The molecule has 0 aliphatic carbocycles. The Kier molecular flexibility index (Phi) is 5.24. The van der Waals surface area contributed by atoms with Crippen LogP contribution in [0.5, 0.6) is 5.75 Å². The summed E-state index contributed by atoms with van der Waals surface area (Å²) in [4.78, 5) is 16.9. The van der Waals surface area contributed by atoms with Crippen LogP contribution in [0.2, 0.25) is 0 Å². The lowest BCUT2D eigenvalue weighted by molar-refractivity contribution is -0.118. The largest absolute Gasteiger partial charge is 0.483 e. The second-order valence-corrected chi connectivity index (χ2v) is 8.99. The zero-order chi connectivity index (χ0) is 19.8. The molecule has 3 rings (SSSR count). The molecular formula is C22H26N2O2S. The van der Waals surface area contributed by atoms with Crippen molar-refractivity contribution >= 4 is 32.6 Å². The monoisotopic (exact) mass is 382 g/mol. The molecule has 0 saturated heterocycles. The minimum absolute atomic E-state index is 0.0416. The molecular weight excluding hydrogens is 356 g/mol. The number of thiazole rings is 1. The highest BCUT2D eigenvalue weighted by Gasteiger charge is 2.20. The zero-order valence-corrected chi connectivity index (χ0v) is 17.6. The van der Waals surface area contributed by atoms with E-state index in [1.54, 1.807) is 0 Å². The first kappa shape index (κ1) is 19.4. The molecule has 27 heavy (non-hydrogen) atoms. The third-order valence-corrected chi connectivity index (χ3v) is 5.57. The SMILES string of the molecule is Cc1ccc(OCC(=O)Nc2nc3c(C)c(C)ccc3s2)c(C(C)(C)C)c1. The van der Waals surface area contributed by atoms with Crippen molar-refractivity contribution in [3.63, 3.8) is 0 Å². The molecule has 0 fully saturated rings. The molecule has 0 aliphatic rings. The molecule has 2 aromatic carbocycles. The van der Waals surface area contributed by atoms with Gasteiger partial charge in [0.05, 0.1) is 10.2 Å². The summed E-state index contributed by atoms with van der Waals surface area (Å²) in [5, 5.41) is 3.47. The Morgan fingerprint density at radius 2 is 1.89 bits per heavy atom. The Hall–Kier alpha value is -2.40. The van der Waals surface area contributed by atoms with Gasteiger partial charge in [-0.15, -0.1) is 0 Å². The maximum Gasteiger partial charge on any atom is 0.264 e. The Morgan fingerprint density at radius 1 is 1.15 bits per heavy atom. The van der Waals surface area contributed by atoms with E-state index in [0.29, 0.717) is 5.13 Å². The van der Waals surface area contributed by atoms with E-state index in [-0.39, 0.29) is 17.9 Å². The van der Waals surface area contributed by atoms with Crippen LogP contribution in [-0.2, 0) is 10.2 Å². The Bertz CT molecular complexity index is 999. The van der Waals surface area contributed by atoms with E-state index < -0.39 is 0 Å². The number of amides is 1. The predicted molar refractivity (Wildman–Crippen MR) is 113 cm³/mol. The molecule has 0 aliphatic heterocycles. The summed E-state index contributed by atoms with van der Waals surface area (Å²) in [5.41, 5.74) is 5.52. The number of carbonyl (C=O) groups excluding carboxylic acids is 1. The zero-order valence-electron chi connectivity index (χ0n) is 16.8. The summed E-state index contributed by atoms with van der Waals surface area (Å²) in [6, 6.07) is 10.2. The normalized spacial score (nSPS) is 11.6. The van der Waals surface area contributed by atoms with E-state index in [1.165, 1.54) is 22.5 Å². The van der Waals surface area contributed by atoms with Crippen molar-refractivity contribution in [3.05, 3.63) is 52.6 Å².